The number of hydrogen-bond acceptors (Lipinski definition) is 3. The van der Waals surface area contributed by atoms with Crippen molar-refractivity contribution in [2.75, 3.05) is 0 Å². The van der Waals surface area contributed by atoms with Crippen LogP contribution in [-0.2, 0) is 13.0 Å². The quantitative estimate of drug-likeness (QED) is 0.885. The molecular formula is C12H17N3S. The predicted octanol–water partition coefficient (Wildman–Crippen LogP) is 2.52. The van der Waals surface area contributed by atoms with Crippen molar-refractivity contribution in [2.24, 2.45) is 5.73 Å². The molecule has 2 aromatic heterocycles. The lowest BCUT2D eigenvalue weighted by molar-refractivity contribution is 0.568. The predicted molar refractivity (Wildman–Crippen MR) is 67.6 cm³/mol. The summed E-state index contributed by atoms with van der Waals surface area (Å²) in [6, 6.07) is 6.32. The summed E-state index contributed by atoms with van der Waals surface area (Å²) in [5, 5.41) is 6.51. The molecule has 2 heterocycles. The van der Waals surface area contributed by atoms with Gasteiger partial charge in [0.2, 0.25) is 0 Å². The van der Waals surface area contributed by atoms with Gasteiger partial charge in [-0.1, -0.05) is 6.07 Å². The molecule has 0 saturated heterocycles. The molecule has 1 unspecified atom stereocenters. The maximum Gasteiger partial charge on any atom is 0.0597 e. The second kappa shape index (κ2) is 4.80. The lowest BCUT2D eigenvalue weighted by Gasteiger charge is -2.12. The molecule has 1 atom stereocenters. The van der Waals surface area contributed by atoms with Crippen molar-refractivity contribution in [3.05, 3.63) is 39.8 Å². The summed E-state index contributed by atoms with van der Waals surface area (Å²) in [4.78, 5) is 1.33. The monoisotopic (exact) mass is 235 g/mol. The molecular weight excluding hydrogens is 218 g/mol. The zero-order valence-electron chi connectivity index (χ0n) is 9.68. The minimum atomic E-state index is 0.0415. The number of hydrogen-bond donors (Lipinski definition) is 1. The smallest absolute Gasteiger partial charge is 0.0597 e. The summed E-state index contributed by atoms with van der Waals surface area (Å²) in [6.07, 6.45) is 0.892. The molecule has 0 bridgehead atoms. The van der Waals surface area contributed by atoms with Gasteiger partial charge in [0.25, 0.3) is 0 Å². The van der Waals surface area contributed by atoms with E-state index in [2.05, 4.69) is 35.6 Å². The maximum absolute atomic E-state index is 6.22. The van der Waals surface area contributed by atoms with E-state index in [-0.39, 0.29) is 6.04 Å². The van der Waals surface area contributed by atoms with Crippen LogP contribution in [0.3, 0.4) is 0 Å². The Morgan fingerprint density at radius 1 is 1.56 bits per heavy atom. The van der Waals surface area contributed by atoms with E-state index in [1.54, 1.807) is 11.3 Å². The van der Waals surface area contributed by atoms with Gasteiger partial charge in [-0.25, -0.2) is 0 Å². The summed E-state index contributed by atoms with van der Waals surface area (Å²) in [6.45, 7) is 4.97. The van der Waals surface area contributed by atoms with Crippen molar-refractivity contribution in [2.45, 2.75) is 32.9 Å². The van der Waals surface area contributed by atoms with Crippen LogP contribution in [0.4, 0.5) is 0 Å². The van der Waals surface area contributed by atoms with Crippen LogP contribution in [0, 0.1) is 6.92 Å². The minimum Gasteiger partial charge on any atom is -0.322 e. The first-order chi connectivity index (χ1) is 7.70. The molecule has 2 aromatic rings. The largest absolute Gasteiger partial charge is 0.322 e. The van der Waals surface area contributed by atoms with E-state index in [0.717, 1.165) is 24.4 Å². The van der Waals surface area contributed by atoms with Crippen molar-refractivity contribution < 1.29 is 0 Å². The molecule has 0 aliphatic rings. The lowest BCUT2D eigenvalue weighted by Crippen LogP contribution is -2.17. The van der Waals surface area contributed by atoms with Gasteiger partial charge in [0.15, 0.2) is 0 Å². The van der Waals surface area contributed by atoms with Gasteiger partial charge in [-0.15, -0.1) is 11.3 Å². The van der Waals surface area contributed by atoms with E-state index < -0.39 is 0 Å². The van der Waals surface area contributed by atoms with E-state index in [0.29, 0.717) is 0 Å². The van der Waals surface area contributed by atoms with E-state index >= 15 is 0 Å². The number of aryl methyl sites for hydroxylation is 2. The molecule has 0 saturated carbocycles. The van der Waals surface area contributed by atoms with Gasteiger partial charge in [-0.2, -0.15) is 5.10 Å². The highest BCUT2D eigenvalue weighted by Gasteiger charge is 2.13. The van der Waals surface area contributed by atoms with Crippen LogP contribution in [0.2, 0.25) is 0 Å². The van der Waals surface area contributed by atoms with Crippen molar-refractivity contribution in [1.29, 1.82) is 0 Å². The van der Waals surface area contributed by atoms with Crippen molar-refractivity contribution in [3.8, 4) is 0 Å². The molecule has 2 rings (SSSR count). The van der Waals surface area contributed by atoms with Crippen LogP contribution in [0.25, 0.3) is 0 Å². The van der Waals surface area contributed by atoms with Gasteiger partial charge < -0.3 is 5.73 Å². The normalized spacial score (nSPS) is 12.9. The van der Waals surface area contributed by atoms with Gasteiger partial charge in [-0.05, 0) is 31.4 Å². The van der Waals surface area contributed by atoms with Crippen molar-refractivity contribution >= 4 is 11.3 Å². The maximum atomic E-state index is 6.22. The molecule has 0 fully saturated rings. The van der Waals surface area contributed by atoms with Crippen LogP contribution in [0.15, 0.2) is 23.6 Å². The third-order valence-electron chi connectivity index (χ3n) is 2.61. The van der Waals surface area contributed by atoms with E-state index in [9.17, 15) is 0 Å². The molecule has 0 amide bonds. The van der Waals surface area contributed by atoms with E-state index in [4.69, 9.17) is 5.73 Å². The lowest BCUT2D eigenvalue weighted by atomic mass is 10.1. The summed E-state index contributed by atoms with van der Waals surface area (Å²) >= 11 is 1.76. The average Bonchev–Trinajstić information content (AvgIpc) is 2.86. The van der Waals surface area contributed by atoms with Crippen molar-refractivity contribution in [3.63, 3.8) is 0 Å². The Hall–Kier alpha value is -1.13. The fraction of sp³-hybridized carbons (Fsp3) is 0.417. The molecule has 4 heteroatoms. The molecule has 16 heavy (non-hydrogen) atoms. The van der Waals surface area contributed by atoms with Gasteiger partial charge in [0.1, 0.15) is 0 Å². The first-order valence-corrected chi connectivity index (χ1v) is 6.41. The van der Waals surface area contributed by atoms with Gasteiger partial charge in [0, 0.05) is 17.8 Å². The van der Waals surface area contributed by atoms with E-state index in [1.807, 2.05) is 11.6 Å². The second-order valence-electron chi connectivity index (χ2n) is 3.92. The number of rotatable bonds is 4. The minimum absolute atomic E-state index is 0.0415. The zero-order valence-corrected chi connectivity index (χ0v) is 10.5. The molecule has 0 aliphatic heterocycles. The van der Waals surface area contributed by atoms with Crippen LogP contribution in [0.5, 0.6) is 0 Å². The SMILES string of the molecule is CCn1nc(C)cc1C(N)Cc1cccs1. The highest BCUT2D eigenvalue weighted by atomic mass is 32.1. The van der Waals surface area contributed by atoms with Crippen LogP contribution < -0.4 is 5.73 Å². The van der Waals surface area contributed by atoms with Gasteiger partial charge in [-0.3, -0.25) is 4.68 Å². The van der Waals surface area contributed by atoms with Gasteiger partial charge >= 0.3 is 0 Å². The number of nitrogens with zero attached hydrogens (tertiary/aromatic N) is 2. The third kappa shape index (κ3) is 2.33. The molecule has 3 nitrogen and oxygen atoms in total. The summed E-state index contributed by atoms with van der Waals surface area (Å²) in [5.41, 5.74) is 8.39. The Kier molecular flexibility index (Phi) is 3.41. The Bertz CT molecular complexity index is 445. The topological polar surface area (TPSA) is 43.8 Å². The molecule has 86 valence electrons. The number of nitrogens with two attached hydrogens (primary N) is 1. The van der Waals surface area contributed by atoms with Crippen LogP contribution in [-0.4, -0.2) is 9.78 Å². The third-order valence-corrected chi connectivity index (χ3v) is 3.51. The molecule has 2 N–H and O–H groups in total. The van der Waals surface area contributed by atoms with Crippen LogP contribution in [0.1, 0.15) is 29.2 Å². The first kappa shape index (κ1) is 11.4. The van der Waals surface area contributed by atoms with E-state index in [1.165, 1.54) is 4.88 Å². The zero-order chi connectivity index (χ0) is 11.5. The summed E-state index contributed by atoms with van der Waals surface area (Å²) < 4.78 is 1.99. The number of thiophene rings is 1. The Labute approximate surface area is 99.9 Å². The van der Waals surface area contributed by atoms with Crippen LogP contribution >= 0.6 is 11.3 Å². The average molecular weight is 235 g/mol. The number of aromatic nitrogens is 2. The highest BCUT2D eigenvalue weighted by molar-refractivity contribution is 7.09. The summed E-state index contributed by atoms with van der Waals surface area (Å²) in [5.74, 6) is 0. The second-order valence-corrected chi connectivity index (χ2v) is 4.95. The summed E-state index contributed by atoms with van der Waals surface area (Å²) in [7, 11) is 0. The molecule has 0 aromatic carbocycles. The molecule has 0 spiro atoms. The Balaban J connectivity index is 2.16. The molecule has 0 aliphatic carbocycles. The highest BCUT2D eigenvalue weighted by Crippen LogP contribution is 2.20. The Morgan fingerprint density at radius 2 is 2.38 bits per heavy atom. The molecule has 0 radical (unpaired) electrons. The van der Waals surface area contributed by atoms with Gasteiger partial charge in [0.05, 0.1) is 17.4 Å². The van der Waals surface area contributed by atoms with Crippen molar-refractivity contribution in [1.82, 2.24) is 9.78 Å². The Morgan fingerprint density at radius 3 is 3.00 bits per heavy atom. The first-order valence-electron chi connectivity index (χ1n) is 5.53. The standard InChI is InChI=1S/C12H17N3S/c1-3-15-12(7-9(2)14-15)11(13)8-10-5-4-6-16-10/h4-7,11H,3,8,13H2,1-2H3. The fourth-order valence-corrected chi connectivity index (χ4v) is 2.63. The fourth-order valence-electron chi connectivity index (χ4n) is 1.87.